The van der Waals surface area contributed by atoms with Crippen molar-refractivity contribution in [3.05, 3.63) is 42.5 Å². The lowest BCUT2D eigenvalue weighted by Crippen LogP contribution is -2.39. The number of ether oxygens (including phenoxy) is 2. The fourth-order valence-electron chi connectivity index (χ4n) is 2.77. The van der Waals surface area contributed by atoms with Crippen LogP contribution in [0, 0.1) is 0 Å². The van der Waals surface area contributed by atoms with Gasteiger partial charge in [0.1, 0.15) is 11.5 Å². The highest BCUT2D eigenvalue weighted by molar-refractivity contribution is 6.02. The first-order valence-electron chi connectivity index (χ1n) is 8.01. The maximum Gasteiger partial charge on any atom is 0.266 e. The van der Waals surface area contributed by atoms with Gasteiger partial charge in [-0.05, 0) is 30.3 Å². The predicted molar refractivity (Wildman–Crippen MR) is 93.3 cm³/mol. The molecule has 0 spiro atoms. The highest BCUT2D eigenvalue weighted by Gasteiger charge is 2.29. The van der Waals surface area contributed by atoms with E-state index in [9.17, 15) is 14.4 Å². The maximum absolute atomic E-state index is 12.3. The lowest BCUT2D eigenvalue weighted by molar-refractivity contribution is -0.128. The van der Waals surface area contributed by atoms with Crippen molar-refractivity contribution in [2.24, 2.45) is 0 Å². The lowest BCUT2D eigenvalue weighted by atomic mass is 10.1. The summed E-state index contributed by atoms with van der Waals surface area (Å²) in [4.78, 5) is 35.7. The number of amides is 3. The van der Waals surface area contributed by atoms with E-state index >= 15 is 0 Å². The molecule has 132 valence electrons. The number of anilines is 3. The molecule has 3 amide bonds. The number of hydrogen-bond acceptors (Lipinski definition) is 5. The zero-order valence-electron chi connectivity index (χ0n) is 13.6. The molecule has 0 radical (unpaired) electrons. The maximum atomic E-state index is 12.3. The molecule has 1 atom stereocenters. The molecule has 0 saturated heterocycles. The summed E-state index contributed by atoms with van der Waals surface area (Å²) in [6.45, 7) is -0.0334. The van der Waals surface area contributed by atoms with Crippen LogP contribution in [0.15, 0.2) is 42.5 Å². The van der Waals surface area contributed by atoms with E-state index in [0.29, 0.717) is 28.6 Å². The van der Waals surface area contributed by atoms with Crippen LogP contribution >= 0.6 is 0 Å². The predicted octanol–water partition coefficient (Wildman–Crippen LogP) is 1.75. The molecule has 0 bridgehead atoms. The van der Waals surface area contributed by atoms with Crippen molar-refractivity contribution in [1.29, 1.82) is 0 Å². The number of fused-ring (bicyclic) bond motifs is 2. The quantitative estimate of drug-likeness (QED) is 0.779. The minimum atomic E-state index is -0.912. The van der Waals surface area contributed by atoms with E-state index in [0.717, 1.165) is 0 Å². The van der Waals surface area contributed by atoms with Gasteiger partial charge in [-0.1, -0.05) is 12.1 Å². The Morgan fingerprint density at radius 1 is 1.08 bits per heavy atom. The Morgan fingerprint density at radius 3 is 2.81 bits per heavy atom. The third-order valence-electron chi connectivity index (χ3n) is 3.97. The van der Waals surface area contributed by atoms with Crippen molar-refractivity contribution in [3.8, 4) is 11.5 Å². The molecule has 0 aromatic heterocycles. The number of hydrogen-bond donors (Lipinski definition) is 3. The number of para-hydroxylation sites is 2. The highest BCUT2D eigenvalue weighted by atomic mass is 16.5. The van der Waals surface area contributed by atoms with E-state index in [2.05, 4.69) is 16.0 Å². The minimum absolute atomic E-state index is 0.0334. The molecular weight excluding hydrogens is 338 g/mol. The van der Waals surface area contributed by atoms with Crippen LogP contribution in [0.4, 0.5) is 17.1 Å². The Morgan fingerprint density at radius 2 is 1.92 bits per heavy atom. The van der Waals surface area contributed by atoms with Crippen molar-refractivity contribution in [2.75, 3.05) is 22.6 Å². The summed E-state index contributed by atoms with van der Waals surface area (Å²) in [5, 5.41) is 8.08. The SMILES string of the molecule is O=C(CC1Oc2ccccc2NC1=O)Nc1ccc2c(c1)NC(=O)CO2. The third kappa shape index (κ3) is 3.16. The second-order valence-corrected chi connectivity index (χ2v) is 5.89. The molecule has 2 aliphatic rings. The molecule has 3 N–H and O–H groups in total. The van der Waals surface area contributed by atoms with Gasteiger partial charge in [0, 0.05) is 5.69 Å². The van der Waals surface area contributed by atoms with Crippen LogP contribution in [0.25, 0.3) is 0 Å². The Labute approximate surface area is 148 Å². The van der Waals surface area contributed by atoms with Crippen LogP contribution in [-0.4, -0.2) is 30.4 Å². The van der Waals surface area contributed by atoms with E-state index in [1.54, 1.807) is 42.5 Å². The minimum Gasteiger partial charge on any atom is -0.482 e. The number of carbonyl (C=O) groups excluding carboxylic acids is 3. The van der Waals surface area contributed by atoms with Crippen LogP contribution in [-0.2, 0) is 14.4 Å². The first-order chi connectivity index (χ1) is 12.6. The standard InChI is InChI=1S/C18H15N3O5/c22-16(8-15-18(24)21-11-3-1-2-4-14(11)26-15)19-10-5-6-13-12(7-10)20-17(23)9-25-13/h1-7,15H,8-9H2,(H,19,22)(H,20,23)(H,21,24). The second kappa shape index (κ2) is 6.40. The van der Waals surface area contributed by atoms with Crippen molar-refractivity contribution in [1.82, 2.24) is 0 Å². The summed E-state index contributed by atoms with van der Waals surface area (Å²) in [7, 11) is 0. The van der Waals surface area contributed by atoms with E-state index in [1.165, 1.54) is 0 Å². The molecule has 0 saturated carbocycles. The van der Waals surface area contributed by atoms with Gasteiger partial charge in [0.2, 0.25) is 5.91 Å². The fourth-order valence-corrected chi connectivity index (χ4v) is 2.77. The van der Waals surface area contributed by atoms with Crippen LogP contribution in [0.1, 0.15) is 6.42 Å². The molecule has 0 fully saturated rings. The van der Waals surface area contributed by atoms with Gasteiger partial charge in [0.25, 0.3) is 11.8 Å². The molecule has 2 aromatic carbocycles. The van der Waals surface area contributed by atoms with Gasteiger partial charge < -0.3 is 25.4 Å². The Bertz CT molecular complexity index is 911. The molecule has 1 unspecified atom stereocenters. The number of benzene rings is 2. The summed E-state index contributed by atoms with van der Waals surface area (Å²) in [5.74, 6) is 0.0529. The summed E-state index contributed by atoms with van der Waals surface area (Å²) >= 11 is 0. The van der Waals surface area contributed by atoms with E-state index in [-0.39, 0.29) is 30.7 Å². The Hall–Kier alpha value is -3.55. The summed E-state index contributed by atoms with van der Waals surface area (Å²) in [6, 6.07) is 11.9. The molecule has 4 rings (SSSR count). The van der Waals surface area contributed by atoms with Gasteiger partial charge >= 0.3 is 0 Å². The third-order valence-corrected chi connectivity index (χ3v) is 3.97. The van der Waals surface area contributed by atoms with Gasteiger partial charge in [-0.25, -0.2) is 0 Å². The monoisotopic (exact) mass is 353 g/mol. The average molecular weight is 353 g/mol. The van der Waals surface area contributed by atoms with Crippen molar-refractivity contribution < 1.29 is 23.9 Å². The fraction of sp³-hybridized carbons (Fsp3) is 0.167. The smallest absolute Gasteiger partial charge is 0.266 e. The first-order valence-corrected chi connectivity index (χ1v) is 8.01. The van der Waals surface area contributed by atoms with Crippen LogP contribution in [0.3, 0.4) is 0 Å². The topological polar surface area (TPSA) is 106 Å². The van der Waals surface area contributed by atoms with Crippen LogP contribution < -0.4 is 25.4 Å². The van der Waals surface area contributed by atoms with E-state index in [4.69, 9.17) is 9.47 Å². The Kier molecular flexibility index (Phi) is 3.92. The van der Waals surface area contributed by atoms with Crippen LogP contribution in [0.2, 0.25) is 0 Å². The lowest BCUT2D eigenvalue weighted by Gasteiger charge is -2.25. The molecule has 0 aliphatic carbocycles. The normalized spacial score (nSPS) is 17.6. The molecular formula is C18H15N3O5. The van der Waals surface area contributed by atoms with Gasteiger partial charge in [-0.15, -0.1) is 0 Å². The van der Waals surface area contributed by atoms with E-state index < -0.39 is 6.10 Å². The van der Waals surface area contributed by atoms with Crippen molar-refractivity contribution in [2.45, 2.75) is 12.5 Å². The number of carbonyl (C=O) groups is 3. The molecule has 2 heterocycles. The van der Waals surface area contributed by atoms with Gasteiger partial charge in [-0.2, -0.15) is 0 Å². The van der Waals surface area contributed by atoms with Crippen molar-refractivity contribution >= 4 is 34.8 Å². The number of rotatable bonds is 3. The number of nitrogens with one attached hydrogen (secondary N) is 3. The Balaban J connectivity index is 1.42. The largest absolute Gasteiger partial charge is 0.482 e. The van der Waals surface area contributed by atoms with E-state index in [1.807, 2.05) is 0 Å². The summed E-state index contributed by atoms with van der Waals surface area (Å²) in [6.07, 6.45) is -1.05. The summed E-state index contributed by atoms with van der Waals surface area (Å²) < 4.78 is 10.9. The van der Waals surface area contributed by atoms with Crippen molar-refractivity contribution in [3.63, 3.8) is 0 Å². The first kappa shape index (κ1) is 15.9. The zero-order chi connectivity index (χ0) is 18.1. The van der Waals surface area contributed by atoms with Gasteiger partial charge in [0.05, 0.1) is 17.8 Å². The highest BCUT2D eigenvalue weighted by Crippen LogP contribution is 2.31. The second-order valence-electron chi connectivity index (χ2n) is 5.89. The zero-order valence-corrected chi connectivity index (χ0v) is 13.6. The van der Waals surface area contributed by atoms with Gasteiger partial charge in [-0.3, -0.25) is 14.4 Å². The van der Waals surface area contributed by atoms with Crippen LogP contribution in [0.5, 0.6) is 11.5 Å². The molecule has 2 aliphatic heterocycles. The molecule has 26 heavy (non-hydrogen) atoms. The summed E-state index contributed by atoms with van der Waals surface area (Å²) in [5.41, 5.74) is 1.55. The molecule has 2 aromatic rings. The molecule has 8 nitrogen and oxygen atoms in total. The average Bonchev–Trinajstić information content (AvgIpc) is 2.62. The molecule has 8 heteroatoms. The van der Waals surface area contributed by atoms with Gasteiger partial charge in [0.15, 0.2) is 12.7 Å².